The third-order valence-electron chi connectivity index (χ3n) is 5.65. The second-order valence-corrected chi connectivity index (χ2v) is 7.48. The number of aliphatic hydroxyl groups excluding tert-OH is 1. The zero-order valence-corrected chi connectivity index (χ0v) is 15.4. The molecule has 1 aromatic carbocycles. The summed E-state index contributed by atoms with van der Waals surface area (Å²) in [4.78, 5) is 28.6. The first-order chi connectivity index (χ1) is 12.5. The Morgan fingerprint density at radius 2 is 2.00 bits per heavy atom. The molecule has 2 saturated heterocycles. The van der Waals surface area contributed by atoms with Gasteiger partial charge in [-0.25, -0.2) is 0 Å². The summed E-state index contributed by atoms with van der Waals surface area (Å²) in [5.41, 5.74) is 0.966. The first-order valence-electron chi connectivity index (χ1n) is 9.35. The van der Waals surface area contributed by atoms with Crippen LogP contribution in [0, 0.1) is 5.41 Å². The Labute approximate surface area is 154 Å². The van der Waals surface area contributed by atoms with Crippen LogP contribution in [0.5, 0.6) is 5.75 Å². The van der Waals surface area contributed by atoms with Gasteiger partial charge in [0.1, 0.15) is 5.75 Å². The Bertz CT molecular complexity index is 646. The highest BCUT2D eigenvalue weighted by Gasteiger charge is 2.42. The topological polar surface area (TPSA) is 70.1 Å². The van der Waals surface area contributed by atoms with E-state index in [1.807, 2.05) is 29.2 Å². The van der Waals surface area contributed by atoms with Gasteiger partial charge in [-0.05, 0) is 37.0 Å². The van der Waals surface area contributed by atoms with Crippen LogP contribution < -0.4 is 4.74 Å². The summed E-state index contributed by atoms with van der Waals surface area (Å²) in [6.07, 6.45) is 3.74. The molecule has 2 fully saturated rings. The predicted octanol–water partition coefficient (Wildman–Crippen LogP) is 1.46. The number of piperidine rings is 2. The molecule has 2 aliphatic heterocycles. The van der Waals surface area contributed by atoms with Crippen LogP contribution >= 0.6 is 0 Å². The number of likely N-dealkylation sites (tertiary alicyclic amines) is 2. The largest absolute Gasteiger partial charge is 0.497 e. The smallest absolute Gasteiger partial charge is 0.227 e. The molecule has 0 radical (unpaired) electrons. The lowest BCUT2D eigenvalue weighted by Gasteiger charge is -2.48. The minimum Gasteiger partial charge on any atom is -0.497 e. The quantitative estimate of drug-likeness (QED) is 0.863. The van der Waals surface area contributed by atoms with Gasteiger partial charge in [-0.15, -0.1) is 0 Å². The van der Waals surface area contributed by atoms with E-state index in [0.29, 0.717) is 32.5 Å². The van der Waals surface area contributed by atoms with Crippen LogP contribution in [0.4, 0.5) is 0 Å². The first-order valence-corrected chi connectivity index (χ1v) is 9.35. The number of aliphatic hydroxyl groups is 1. The number of rotatable bonds is 5. The molecule has 0 unspecified atom stereocenters. The number of nitrogens with zero attached hydrogens (tertiary/aromatic N) is 2. The highest BCUT2D eigenvalue weighted by molar-refractivity contribution is 5.79. The van der Waals surface area contributed by atoms with E-state index in [1.54, 1.807) is 12.0 Å². The van der Waals surface area contributed by atoms with Gasteiger partial charge in [0.05, 0.1) is 20.1 Å². The van der Waals surface area contributed by atoms with Crippen molar-refractivity contribution in [2.45, 2.75) is 32.1 Å². The van der Waals surface area contributed by atoms with E-state index in [9.17, 15) is 14.7 Å². The van der Waals surface area contributed by atoms with Crippen LogP contribution in [-0.2, 0) is 16.0 Å². The Hall–Kier alpha value is -2.08. The van der Waals surface area contributed by atoms with E-state index in [2.05, 4.69) is 0 Å². The number of amides is 2. The van der Waals surface area contributed by atoms with Gasteiger partial charge >= 0.3 is 0 Å². The molecule has 2 amide bonds. The lowest BCUT2D eigenvalue weighted by Crippen LogP contribution is -2.55. The van der Waals surface area contributed by atoms with Gasteiger partial charge < -0.3 is 19.6 Å². The fourth-order valence-corrected chi connectivity index (χ4v) is 4.21. The van der Waals surface area contributed by atoms with Crippen molar-refractivity contribution in [2.24, 2.45) is 5.41 Å². The summed E-state index contributed by atoms with van der Waals surface area (Å²) in [6, 6.07) is 7.61. The number of carbonyl (C=O) groups is 2. The summed E-state index contributed by atoms with van der Waals surface area (Å²) in [5, 5.41) is 9.20. The fourth-order valence-electron chi connectivity index (χ4n) is 4.21. The van der Waals surface area contributed by atoms with Crippen molar-refractivity contribution in [3.63, 3.8) is 0 Å². The molecular weight excluding hydrogens is 332 g/mol. The number of β-amino-alcohol motifs (C(OH)–C–C–N with tert-alkyl or cyclic N) is 1. The first kappa shape index (κ1) is 18.7. The highest BCUT2D eigenvalue weighted by atomic mass is 16.5. The third kappa shape index (κ3) is 4.18. The number of ether oxygens (including phenoxy) is 1. The SMILES string of the molecule is COc1ccc(CC(=O)N2CCC[C@]3(CCC(=O)N(CCO)C3)C2)cc1. The normalized spacial score (nSPS) is 23.4. The number of methoxy groups -OCH3 is 1. The van der Waals surface area contributed by atoms with Crippen molar-refractivity contribution in [3.05, 3.63) is 29.8 Å². The Morgan fingerprint density at radius 3 is 2.69 bits per heavy atom. The number of benzene rings is 1. The van der Waals surface area contributed by atoms with Gasteiger partial charge in [-0.2, -0.15) is 0 Å². The zero-order valence-electron chi connectivity index (χ0n) is 15.4. The van der Waals surface area contributed by atoms with Crippen molar-refractivity contribution < 1.29 is 19.4 Å². The number of hydrogen-bond acceptors (Lipinski definition) is 4. The Morgan fingerprint density at radius 1 is 1.23 bits per heavy atom. The van der Waals surface area contributed by atoms with Crippen LogP contribution in [-0.4, -0.2) is 66.6 Å². The van der Waals surface area contributed by atoms with Gasteiger partial charge in [-0.3, -0.25) is 9.59 Å². The molecular formula is C20H28N2O4. The molecule has 0 aromatic heterocycles. The molecule has 3 rings (SSSR count). The number of hydrogen-bond donors (Lipinski definition) is 1. The molecule has 1 spiro atoms. The van der Waals surface area contributed by atoms with Gasteiger partial charge in [0.2, 0.25) is 11.8 Å². The maximum atomic E-state index is 12.8. The lowest BCUT2D eigenvalue weighted by molar-refractivity contribution is -0.143. The van der Waals surface area contributed by atoms with E-state index in [-0.39, 0.29) is 23.8 Å². The second-order valence-electron chi connectivity index (χ2n) is 7.48. The monoisotopic (exact) mass is 360 g/mol. The average molecular weight is 360 g/mol. The van der Waals surface area contributed by atoms with E-state index in [1.165, 1.54) is 0 Å². The van der Waals surface area contributed by atoms with Gasteiger partial charge in [0, 0.05) is 38.0 Å². The van der Waals surface area contributed by atoms with Crippen molar-refractivity contribution >= 4 is 11.8 Å². The minimum absolute atomic E-state index is 0.0120. The maximum Gasteiger partial charge on any atom is 0.227 e. The standard InChI is InChI=1S/C20H28N2O4/c1-26-17-5-3-16(4-6-17)13-19(25)21-10-2-8-20(14-21)9-7-18(24)22(15-20)11-12-23/h3-6,23H,2,7-15H2,1H3/t20-/m0/s1. The van der Waals surface area contributed by atoms with Crippen LogP contribution in [0.15, 0.2) is 24.3 Å². The molecule has 0 aliphatic carbocycles. The molecule has 1 aromatic rings. The van der Waals surface area contributed by atoms with E-state index < -0.39 is 0 Å². The van der Waals surface area contributed by atoms with Gasteiger partial charge in [0.25, 0.3) is 0 Å². The van der Waals surface area contributed by atoms with E-state index in [4.69, 9.17) is 4.74 Å². The molecule has 2 heterocycles. The highest BCUT2D eigenvalue weighted by Crippen LogP contribution is 2.39. The summed E-state index contributed by atoms with van der Waals surface area (Å²) in [5.74, 6) is 1.04. The van der Waals surface area contributed by atoms with Crippen LogP contribution in [0.2, 0.25) is 0 Å². The lowest BCUT2D eigenvalue weighted by atomic mass is 9.73. The Balaban J connectivity index is 1.63. The van der Waals surface area contributed by atoms with Crippen molar-refractivity contribution in [1.29, 1.82) is 0 Å². The Kier molecular flexibility index (Phi) is 5.81. The molecule has 2 aliphatic rings. The fraction of sp³-hybridized carbons (Fsp3) is 0.600. The van der Waals surface area contributed by atoms with Gasteiger partial charge in [-0.1, -0.05) is 12.1 Å². The molecule has 142 valence electrons. The van der Waals surface area contributed by atoms with Crippen LogP contribution in [0.1, 0.15) is 31.2 Å². The average Bonchev–Trinajstić information content (AvgIpc) is 2.66. The van der Waals surface area contributed by atoms with Crippen LogP contribution in [0.3, 0.4) is 0 Å². The second kappa shape index (κ2) is 8.08. The predicted molar refractivity (Wildman–Crippen MR) is 97.8 cm³/mol. The molecule has 0 saturated carbocycles. The molecule has 6 heteroatoms. The molecule has 0 bridgehead atoms. The maximum absolute atomic E-state index is 12.8. The molecule has 1 atom stereocenters. The van der Waals surface area contributed by atoms with E-state index in [0.717, 1.165) is 37.1 Å². The summed E-state index contributed by atoms with van der Waals surface area (Å²) in [7, 11) is 1.63. The van der Waals surface area contributed by atoms with Crippen molar-refractivity contribution in [3.8, 4) is 5.75 Å². The molecule has 6 nitrogen and oxygen atoms in total. The summed E-state index contributed by atoms with van der Waals surface area (Å²) in [6.45, 7) is 2.52. The van der Waals surface area contributed by atoms with Crippen molar-refractivity contribution in [2.75, 3.05) is 39.9 Å². The molecule has 26 heavy (non-hydrogen) atoms. The summed E-state index contributed by atoms with van der Waals surface area (Å²) >= 11 is 0. The summed E-state index contributed by atoms with van der Waals surface area (Å²) < 4.78 is 5.16. The third-order valence-corrected chi connectivity index (χ3v) is 5.65. The minimum atomic E-state index is -0.0170. The van der Waals surface area contributed by atoms with Crippen LogP contribution in [0.25, 0.3) is 0 Å². The number of carbonyl (C=O) groups excluding carboxylic acids is 2. The van der Waals surface area contributed by atoms with Gasteiger partial charge in [0.15, 0.2) is 0 Å². The zero-order chi connectivity index (χ0) is 18.6. The molecule has 1 N–H and O–H groups in total. The van der Waals surface area contributed by atoms with E-state index >= 15 is 0 Å². The van der Waals surface area contributed by atoms with Crippen molar-refractivity contribution in [1.82, 2.24) is 9.80 Å².